The molecule has 1 aromatic carbocycles. The highest BCUT2D eigenvalue weighted by Gasteiger charge is 2.50. The van der Waals surface area contributed by atoms with Gasteiger partial charge in [-0.25, -0.2) is 4.39 Å². The van der Waals surface area contributed by atoms with Gasteiger partial charge in [0, 0.05) is 6.32 Å². The van der Waals surface area contributed by atoms with Gasteiger partial charge in [-0.1, -0.05) is 38.5 Å². The van der Waals surface area contributed by atoms with E-state index < -0.39 is 0 Å². The molecular formula is C21H34BFO2. The molecule has 1 heterocycles. The molecule has 4 heteroatoms. The van der Waals surface area contributed by atoms with E-state index in [0.717, 1.165) is 22.3 Å². The van der Waals surface area contributed by atoms with Crippen molar-refractivity contribution in [1.29, 1.82) is 0 Å². The first-order chi connectivity index (χ1) is 11.6. The third-order valence-corrected chi connectivity index (χ3v) is 5.00. The monoisotopic (exact) mass is 348 g/mol. The maximum Gasteiger partial charge on any atom is 0.462 e. The van der Waals surface area contributed by atoms with E-state index in [1.165, 1.54) is 0 Å². The molecule has 0 spiro atoms. The van der Waals surface area contributed by atoms with Crippen LogP contribution < -0.4 is 0 Å². The lowest BCUT2D eigenvalue weighted by atomic mass is 9.80. The predicted molar refractivity (Wildman–Crippen MR) is 106 cm³/mol. The summed E-state index contributed by atoms with van der Waals surface area (Å²) in [6, 6.07) is 3.65. The normalized spacial score (nSPS) is 18.8. The molecule has 25 heavy (non-hydrogen) atoms. The van der Waals surface area contributed by atoms with Crippen LogP contribution in [-0.2, 0) is 15.7 Å². The second-order valence-corrected chi connectivity index (χ2v) is 7.53. The van der Waals surface area contributed by atoms with Crippen molar-refractivity contribution >= 4 is 13.2 Å². The van der Waals surface area contributed by atoms with Crippen molar-refractivity contribution in [2.75, 3.05) is 0 Å². The Hall–Kier alpha value is -1.13. The third kappa shape index (κ3) is 5.18. The Labute approximate surface area is 154 Å². The Balaban J connectivity index is 0.00000151. The quantitative estimate of drug-likeness (QED) is 0.602. The Kier molecular flexibility index (Phi) is 7.46. The number of allylic oxidation sites excluding steroid dienone is 1. The van der Waals surface area contributed by atoms with Gasteiger partial charge in [0.15, 0.2) is 0 Å². The minimum atomic E-state index is -0.316. The molecule has 0 bridgehead atoms. The zero-order chi connectivity index (χ0) is 19.4. The number of aryl methyl sites for hydroxylation is 1. The molecular weight excluding hydrogens is 314 g/mol. The molecule has 0 unspecified atom stereocenters. The Morgan fingerprint density at radius 2 is 1.64 bits per heavy atom. The number of halogens is 1. The molecule has 0 radical (unpaired) electrons. The molecule has 0 amide bonds. The zero-order valence-corrected chi connectivity index (χ0v) is 17.4. The van der Waals surface area contributed by atoms with Gasteiger partial charge in [-0.2, -0.15) is 0 Å². The van der Waals surface area contributed by atoms with Gasteiger partial charge in [0.25, 0.3) is 0 Å². The lowest BCUT2D eigenvalue weighted by Crippen LogP contribution is -2.41. The first kappa shape index (κ1) is 21.9. The van der Waals surface area contributed by atoms with Crippen LogP contribution in [0.5, 0.6) is 0 Å². The van der Waals surface area contributed by atoms with E-state index in [-0.39, 0.29) is 24.1 Å². The van der Waals surface area contributed by atoms with Crippen LogP contribution in [0.25, 0.3) is 6.08 Å². The molecule has 1 aromatic rings. The topological polar surface area (TPSA) is 18.5 Å². The summed E-state index contributed by atoms with van der Waals surface area (Å²) in [5.41, 5.74) is 3.18. The minimum Gasteiger partial charge on any atom is -0.403 e. The van der Waals surface area contributed by atoms with Gasteiger partial charge in [0.1, 0.15) is 5.82 Å². The fraction of sp³-hybridized carbons (Fsp3) is 0.619. The van der Waals surface area contributed by atoms with Crippen LogP contribution in [0.2, 0.25) is 6.32 Å². The lowest BCUT2D eigenvalue weighted by molar-refractivity contribution is 0.00578. The molecule has 0 atom stereocenters. The number of benzene rings is 1. The lowest BCUT2D eigenvalue weighted by Gasteiger charge is -2.32. The van der Waals surface area contributed by atoms with Gasteiger partial charge >= 0.3 is 7.12 Å². The van der Waals surface area contributed by atoms with Gasteiger partial charge in [0.05, 0.1) is 11.2 Å². The molecule has 0 aromatic heterocycles. The van der Waals surface area contributed by atoms with Gasteiger partial charge in [-0.05, 0) is 70.7 Å². The van der Waals surface area contributed by atoms with Gasteiger partial charge in [-0.3, -0.25) is 0 Å². The molecule has 1 aliphatic heterocycles. The molecule has 2 nitrogen and oxygen atoms in total. The molecule has 2 rings (SSSR count). The average Bonchev–Trinajstić information content (AvgIpc) is 2.67. The van der Waals surface area contributed by atoms with Crippen molar-refractivity contribution in [2.24, 2.45) is 0 Å². The Morgan fingerprint density at radius 3 is 2.08 bits per heavy atom. The van der Waals surface area contributed by atoms with E-state index >= 15 is 0 Å². The highest BCUT2D eigenvalue weighted by molar-refractivity contribution is 6.46. The average molecular weight is 348 g/mol. The van der Waals surface area contributed by atoms with E-state index in [0.29, 0.717) is 12.7 Å². The molecule has 140 valence electrons. The maximum atomic E-state index is 14.1. The summed E-state index contributed by atoms with van der Waals surface area (Å²) in [6.45, 7) is 18.2. The van der Waals surface area contributed by atoms with Crippen LogP contribution >= 0.6 is 0 Å². The highest BCUT2D eigenvalue weighted by Crippen LogP contribution is 2.38. The van der Waals surface area contributed by atoms with Crippen molar-refractivity contribution in [1.82, 2.24) is 0 Å². The summed E-state index contributed by atoms with van der Waals surface area (Å²) in [7, 11) is -0.253. The standard InChI is InChI=1S/C19H28BFO2.C2H6/c1-8-16-14(3)10-15(11-17(16)21)9-13(2)12-20-22-18(4,5)19(6,7)23-20;1-2/h9-11H,8,12H2,1-7H3;1-2H3/b13-9+;. The summed E-state index contributed by atoms with van der Waals surface area (Å²) in [6.07, 6.45) is 3.41. The number of hydrogen-bond acceptors (Lipinski definition) is 2. The summed E-state index contributed by atoms with van der Waals surface area (Å²) < 4.78 is 26.1. The molecule has 1 fully saturated rings. The SMILES string of the molecule is CC.CCc1c(C)cc(/C=C(\C)CB2OC(C)(C)C(C)(C)O2)cc1F. The second kappa shape index (κ2) is 8.50. The summed E-state index contributed by atoms with van der Waals surface area (Å²) in [5, 5.41) is 0. The zero-order valence-electron chi connectivity index (χ0n) is 17.4. The first-order valence-electron chi connectivity index (χ1n) is 9.37. The van der Waals surface area contributed by atoms with Crippen LogP contribution in [0, 0.1) is 12.7 Å². The van der Waals surface area contributed by atoms with Crippen molar-refractivity contribution in [3.63, 3.8) is 0 Å². The van der Waals surface area contributed by atoms with Crippen LogP contribution in [0.3, 0.4) is 0 Å². The molecule has 1 aliphatic rings. The molecule has 0 N–H and O–H groups in total. The molecule has 0 aliphatic carbocycles. The molecule has 0 saturated carbocycles. The smallest absolute Gasteiger partial charge is 0.403 e. The Morgan fingerprint density at radius 1 is 1.12 bits per heavy atom. The predicted octanol–water partition coefficient (Wildman–Crippen LogP) is 6.22. The van der Waals surface area contributed by atoms with Crippen molar-refractivity contribution in [3.8, 4) is 0 Å². The van der Waals surface area contributed by atoms with Crippen LogP contribution in [0.4, 0.5) is 4.39 Å². The van der Waals surface area contributed by atoms with E-state index in [2.05, 4.69) is 0 Å². The van der Waals surface area contributed by atoms with E-state index in [1.807, 2.05) is 74.5 Å². The van der Waals surface area contributed by atoms with Crippen LogP contribution in [0.1, 0.15) is 72.1 Å². The van der Waals surface area contributed by atoms with Gasteiger partial charge < -0.3 is 9.31 Å². The molecule has 1 saturated heterocycles. The maximum absolute atomic E-state index is 14.1. The number of hydrogen-bond donors (Lipinski definition) is 0. The summed E-state index contributed by atoms with van der Waals surface area (Å²) >= 11 is 0. The first-order valence-corrected chi connectivity index (χ1v) is 9.37. The van der Waals surface area contributed by atoms with Gasteiger partial charge in [0.2, 0.25) is 0 Å². The van der Waals surface area contributed by atoms with Crippen LogP contribution in [-0.4, -0.2) is 18.3 Å². The number of rotatable bonds is 4. The van der Waals surface area contributed by atoms with E-state index in [1.54, 1.807) is 6.07 Å². The van der Waals surface area contributed by atoms with Crippen molar-refractivity contribution in [2.45, 2.75) is 86.3 Å². The minimum absolute atomic E-state index is 0.123. The summed E-state index contributed by atoms with van der Waals surface area (Å²) in [4.78, 5) is 0. The fourth-order valence-electron chi connectivity index (χ4n) is 2.99. The van der Waals surface area contributed by atoms with Crippen LogP contribution in [0.15, 0.2) is 17.7 Å². The Bertz CT molecular complexity index is 581. The van der Waals surface area contributed by atoms with E-state index in [9.17, 15) is 4.39 Å². The van der Waals surface area contributed by atoms with E-state index in [4.69, 9.17) is 9.31 Å². The van der Waals surface area contributed by atoms with Crippen molar-refractivity contribution in [3.05, 3.63) is 40.2 Å². The highest BCUT2D eigenvalue weighted by atomic mass is 19.1. The summed E-state index contributed by atoms with van der Waals surface area (Å²) in [5.74, 6) is -0.123. The van der Waals surface area contributed by atoms with Crippen molar-refractivity contribution < 1.29 is 13.7 Å². The van der Waals surface area contributed by atoms with Gasteiger partial charge in [-0.15, -0.1) is 0 Å². The fourth-order valence-corrected chi connectivity index (χ4v) is 2.99. The third-order valence-electron chi connectivity index (χ3n) is 5.00. The second-order valence-electron chi connectivity index (χ2n) is 7.53. The largest absolute Gasteiger partial charge is 0.462 e.